The van der Waals surface area contributed by atoms with Crippen LogP contribution in [0.2, 0.25) is 0 Å². The van der Waals surface area contributed by atoms with E-state index in [1.807, 2.05) is 32.0 Å². The van der Waals surface area contributed by atoms with E-state index in [4.69, 9.17) is 18.9 Å². The minimum atomic E-state index is -1.10. The van der Waals surface area contributed by atoms with E-state index in [0.717, 1.165) is 15.8 Å². The van der Waals surface area contributed by atoms with Gasteiger partial charge in [-0.1, -0.05) is 6.07 Å². The van der Waals surface area contributed by atoms with Crippen molar-refractivity contribution in [2.45, 2.75) is 33.0 Å². The third kappa shape index (κ3) is 7.39. The molecule has 0 aromatic heterocycles. The Hall–Kier alpha value is -3.77. The number of allylic oxidation sites excluding steroid dienone is 1. The number of hydrogen-bond donors (Lipinski definition) is 4. The number of aliphatic hydroxyl groups excluding tert-OH is 1. The maximum absolute atomic E-state index is 12.4. The molecule has 0 aliphatic carbocycles. The molecule has 2 amide bonds. The molecular formula is C26H31BrN4O7. The zero-order valence-corrected chi connectivity index (χ0v) is 23.1. The number of nitrogens with zero attached hydrogens (tertiary/aromatic N) is 1. The Morgan fingerprint density at radius 3 is 2.53 bits per heavy atom. The van der Waals surface area contributed by atoms with Crippen molar-refractivity contribution in [2.75, 3.05) is 26.9 Å². The van der Waals surface area contributed by atoms with Crippen LogP contribution in [0, 0.1) is 0 Å². The Morgan fingerprint density at radius 1 is 1.13 bits per heavy atom. The summed E-state index contributed by atoms with van der Waals surface area (Å²) in [6.07, 6.45) is 0.456. The molecule has 0 saturated carbocycles. The SMILES string of the molecule is CCOc1ccc(/C=N\N[C@H](O)COc2ccc([C@@H]3NC(=O)NC(C)=C3C(=O)OC)cc2OCC)cc1Br. The van der Waals surface area contributed by atoms with Gasteiger partial charge in [0.1, 0.15) is 12.4 Å². The second-order valence-electron chi connectivity index (χ2n) is 8.04. The van der Waals surface area contributed by atoms with Crippen LogP contribution < -0.4 is 30.3 Å². The second-order valence-corrected chi connectivity index (χ2v) is 8.89. The highest BCUT2D eigenvalue weighted by molar-refractivity contribution is 9.10. The van der Waals surface area contributed by atoms with E-state index < -0.39 is 24.3 Å². The van der Waals surface area contributed by atoms with Gasteiger partial charge in [0, 0.05) is 5.70 Å². The number of halogens is 1. The van der Waals surface area contributed by atoms with Crippen molar-refractivity contribution in [1.29, 1.82) is 0 Å². The number of carbonyl (C=O) groups excluding carboxylic acids is 2. The third-order valence-electron chi connectivity index (χ3n) is 5.37. The number of ether oxygens (including phenoxy) is 4. The molecular weight excluding hydrogens is 560 g/mol. The van der Waals surface area contributed by atoms with Crippen LogP contribution in [0.1, 0.15) is 37.9 Å². The molecule has 2 aromatic rings. The van der Waals surface area contributed by atoms with Gasteiger partial charge in [-0.2, -0.15) is 5.10 Å². The van der Waals surface area contributed by atoms with Gasteiger partial charge in [-0.3, -0.25) is 5.43 Å². The molecule has 38 heavy (non-hydrogen) atoms. The summed E-state index contributed by atoms with van der Waals surface area (Å²) in [5, 5.41) is 19.7. The Balaban J connectivity index is 1.67. The number of urea groups is 1. The lowest BCUT2D eigenvalue weighted by molar-refractivity contribution is -0.136. The second kappa shape index (κ2) is 13.7. The zero-order valence-electron chi connectivity index (χ0n) is 21.5. The first kappa shape index (κ1) is 28.8. The molecule has 0 radical (unpaired) electrons. The fourth-order valence-corrected chi connectivity index (χ4v) is 4.20. The largest absolute Gasteiger partial charge is 0.493 e. The first-order valence-corrected chi connectivity index (χ1v) is 12.7. The summed E-state index contributed by atoms with van der Waals surface area (Å²) in [4.78, 5) is 24.5. The van der Waals surface area contributed by atoms with Crippen molar-refractivity contribution in [3.8, 4) is 17.2 Å². The van der Waals surface area contributed by atoms with E-state index in [9.17, 15) is 14.7 Å². The molecule has 1 heterocycles. The van der Waals surface area contributed by atoms with Crippen LogP contribution in [0.4, 0.5) is 4.79 Å². The number of carbonyl (C=O) groups is 2. The lowest BCUT2D eigenvalue weighted by Crippen LogP contribution is -2.45. The van der Waals surface area contributed by atoms with Gasteiger partial charge in [0.05, 0.1) is 42.6 Å². The summed E-state index contributed by atoms with van der Waals surface area (Å²) in [5.41, 5.74) is 4.69. The number of nitrogens with one attached hydrogen (secondary N) is 3. The van der Waals surface area contributed by atoms with Crippen molar-refractivity contribution in [3.05, 3.63) is 63.3 Å². The summed E-state index contributed by atoms with van der Waals surface area (Å²) in [6.45, 7) is 6.14. The Morgan fingerprint density at radius 2 is 1.84 bits per heavy atom. The molecule has 1 aliphatic rings. The summed E-state index contributed by atoms with van der Waals surface area (Å²) in [5.74, 6) is 0.925. The normalized spacial score (nSPS) is 15.9. The van der Waals surface area contributed by atoms with Crippen molar-refractivity contribution in [2.24, 2.45) is 5.10 Å². The lowest BCUT2D eigenvalue weighted by Gasteiger charge is -2.28. The molecule has 0 spiro atoms. The first-order valence-electron chi connectivity index (χ1n) is 11.9. The molecule has 2 aromatic carbocycles. The fourth-order valence-electron chi connectivity index (χ4n) is 3.69. The quantitative estimate of drug-likeness (QED) is 0.128. The third-order valence-corrected chi connectivity index (χ3v) is 5.98. The molecule has 3 rings (SSSR count). The average molecular weight is 591 g/mol. The highest BCUT2D eigenvalue weighted by Crippen LogP contribution is 2.35. The average Bonchev–Trinajstić information content (AvgIpc) is 2.89. The van der Waals surface area contributed by atoms with E-state index in [1.54, 1.807) is 31.3 Å². The number of rotatable bonds is 12. The molecule has 0 unspecified atom stereocenters. The number of amides is 2. The molecule has 11 nitrogen and oxygen atoms in total. The van der Waals surface area contributed by atoms with E-state index in [2.05, 4.69) is 37.1 Å². The van der Waals surface area contributed by atoms with Crippen LogP contribution in [-0.4, -0.2) is 56.5 Å². The van der Waals surface area contributed by atoms with Crippen molar-refractivity contribution in [1.82, 2.24) is 16.1 Å². The smallest absolute Gasteiger partial charge is 0.337 e. The highest BCUT2D eigenvalue weighted by atomic mass is 79.9. The summed E-state index contributed by atoms with van der Waals surface area (Å²) < 4.78 is 22.7. The van der Waals surface area contributed by atoms with E-state index in [1.165, 1.54) is 7.11 Å². The molecule has 204 valence electrons. The summed E-state index contributed by atoms with van der Waals surface area (Å²) in [7, 11) is 1.28. The Kier molecular flexibility index (Phi) is 10.4. The maximum Gasteiger partial charge on any atom is 0.337 e. The molecule has 12 heteroatoms. The van der Waals surface area contributed by atoms with Gasteiger partial charge in [0.15, 0.2) is 17.7 Å². The van der Waals surface area contributed by atoms with Crippen LogP contribution in [0.25, 0.3) is 0 Å². The lowest BCUT2D eigenvalue weighted by atomic mass is 9.95. The zero-order chi connectivity index (χ0) is 27.7. The number of hydrazone groups is 1. The Labute approximate surface area is 229 Å². The number of hydrogen-bond acceptors (Lipinski definition) is 9. The first-order chi connectivity index (χ1) is 18.3. The van der Waals surface area contributed by atoms with Crippen molar-refractivity contribution >= 4 is 34.1 Å². The van der Waals surface area contributed by atoms with Crippen LogP contribution in [0.15, 0.2) is 57.2 Å². The van der Waals surface area contributed by atoms with Crippen LogP contribution >= 0.6 is 15.9 Å². The van der Waals surface area contributed by atoms with Gasteiger partial charge in [0.25, 0.3) is 0 Å². The van der Waals surface area contributed by atoms with Gasteiger partial charge in [-0.25, -0.2) is 9.59 Å². The van der Waals surface area contributed by atoms with Gasteiger partial charge in [-0.05, 0) is 78.2 Å². The number of aliphatic hydroxyl groups is 1. The van der Waals surface area contributed by atoms with E-state index >= 15 is 0 Å². The van der Waals surface area contributed by atoms with Crippen LogP contribution in [0.5, 0.6) is 17.2 Å². The topological polar surface area (TPSA) is 140 Å². The molecule has 2 atom stereocenters. The van der Waals surface area contributed by atoms with Gasteiger partial charge >= 0.3 is 12.0 Å². The van der Waals surface area contributed by atoms with E-state index in [0.29, 0.717) is 36.0 Å². The fraction of sp³-hybridized carbons (Fsp3) is 0.346. The predicted octanol–water partition coefficient (Wildman–Crippen LogP) is 3.37. The van der Waals surface area contributed by atoms with Gasteiger partial charge in [0.2, 0.25) is 0 Å². The summed E-state index contributed by atoms with van der Waals surface area (Å²) >= 11 is 3.45. The molecule has 0 bridgehead atoms. The maximum atomic E-state index is 12.4. The molecule has 0 fully saturated rings. The highest BCUT2D eigenvalue weighted by Gasteiger charge is 2.32. The van der Waals surface area contributed by atoms with Crippen LogP contribution in [-0.2, 0) is 9.53 Å². The van der Waals surface area contributed by atoms with Crippen molar-refractivity contribution < 1.29 is 33.6 Å². The molecule has 1 aliphatic heterocycles. The van der Waals surface area contributed by atoms with Crippen molar-refractivity contribution in [3.63, 3.8) is 0 Å². The molecule has 4 N–H and O–H groups in total. The monoisotopic (exact) mass is 590 g/mol. The minimum absolute atomic E-state index is 0.125. The number of esters is 1. The van der Waals surface area contributed by atoms with Gasteiger partial charge in [-0.15, -0.1) is 0 Å². The van der Waals surface area contributed by atoms with Gasteiger partial charge < -0.3 is 34.7 Å². The predicted molar refractivity (Wildman–Crippen MR) is 144 cm³/mol. The number of benzene rings is 2. The number of methoxy groups -OCH3 is 1. The van der Waals surface area contributed by atoms with E-state index in [-0.39, 0.29) is 12.2 Å². The standard InChI is InChI=1S/C26H31BrN4O7/c1-5-36-19-9-7-16(11-18(19)27)13-28-31-22(32)14-38-20-10-8-17(12-21(20)37-6-2)24-23(25(33)35-4)15(3)29-26(34)30-24/h7-13,22,24,31-32H,5-6,14H2,1-4H3,(H2,29,30,34)/b28-13-/t22-,24+/m1/s1. The molecule has 0 saturated heterocycles. The van der Waals surface area contributed by atoms with Crippen LogP contribution in [0.3, 0.4) is 0 Å². The minimum Gasteiger partial charge on any atom is -0.493 e. The summed E-state index contributed by atoms with van der Waals surface area (Å²) in [6, 6.07) is 9.35. The Bertz CT molecular complexity index is 1220.